The average molecular weight is 208 g/mol. The number of hydrogen-bond acceptors (Lipinski definition) is 4. The highest BCUT2D eigenvalue weighted by molar-refractivity contribution is 5.79. The van der Waals surface area contributed by atoms with Gasteiger partial charge in [0.25, 0.3) is 0 Å². The summed E-state index contributed by atoms with van der Waals surface area (Å²) >= 11 is 0. The van der Waals surface area contributed by atoms with E-state index in [-0.39, 0.29) is 12.5 Å². The SMILES string of the molecule is CCN(CC(N)=O)c1cncc(NC)c1. The largest absolute Gasteiger partial charge is 0.387 e. The van der Waals surface area contributed by atoms with Crippen molar-refractivity contribution in [3.63, 3.8) is 0 Å². The molecule has 1 rings (SSSR count). The van der Waals surface area contributed by atoms with E-state index in [1.807, 2.05) is 24.9 Å². The van der Waals surface area contributed by atoms with E-state index in [0.717, 1.165) is 17.9 Å². The number of pyridine rings is 1. The monoisotopic (exact) mass is 208 g/mol. The lowest BCUT2D eigenvalue weighted by molar-refractivity contribution is -0.116. The van der Waals surface area contributed by atoms with Crippen LogP contribution < -0.4 is 16.0 Å². The summed E-state index contributed by atoms with van der Waals surface area (Å²) in [5.41, 5.74) is 6.96. The Bertz CT molecular complexity index is 340. The Morgan fingerprint density at radius 3 is 2.87 bits per heavy atom. The van der Waals surface area contributed by atoms with Crippen LogP contribution in [0.4, 0.5) is 11.4 Å². The van der Waals surface area contributed by atoms with Crippen molar-refractivity contribution in [3.05, 3.63) is 18.5 Å². The summed E-state index contributed by atoms with van der Waals surface area (Å²) in [6.45, 7) is 2.90. The van der Waals surface area contributed by atoms with Crippen molar-refractivity contribution < 1.29 is 4.79 Å². The van der Waals surface area contributed by atoms with E-state index in [1.165, 1.54) is 0 Å². The fourth-order valence-electron chi connectivity index (χ4n) is 1.31. The molecule has 0 aliphatic rings. The molecule has 5 nitrogen and oxygen atoms in total. The molecule has 0 radical (unpaired) electrons. The summed E-state index contributed by atoms with van der Waals surface area (Å²) < 4.78 is 0. The topological polar surface area (TPSA) is 71.2 Å². The van der Waals surface area contributed by atoms with E-state index in [9.17, 15) is 4.79 Å². The Kier molecular flexibility index (Phi) is 3.91. The van der Waals surface area contributed by atoms with Gasteiger partial charge >= 0.3 is 0 Å². The Morgan fingerprint density at radius 2 is 2.33 bits per heavy atom. The van der Waals surface area contributed by atoms with Gasteiger partial charge in [-0.05, 0) is 13.0 Å². The first-order valence-corrected chi connectivity index (χ1v) is 4.83. The molecule has 0 saturated heterocycles. The van der Waals surface area contributed by atoms with Crippen LogP contribution in [0.25, 0.3) is 0 Å². The normalized spacial score (nSPS) is 9.73. The van der Waals surface area contributed by atoms with Gasteiger partial charge in [-0.25, -0.2) is 0 Å². The van der Waals surface area contributed by atoms with Gasteiger partial charge in [0.05, 0.1) is 30.3 Å². The summed E-state index contributed by atoms with van der Waals surface area (Å²) in [6, 6.07) is 1.93. The molecular formula is C10H16N4O. The van der Waals surface area contributed by atoms with Gasteiger partial charge in [-0.3, -0.25) is 9.78 Å². The number of anilines is 2. The van der Waals surface area contributed by atoms with Gasteiger partial charge in [0.2, 0.25) is 5.91 Å². The second kappa shape index (κ2) is 5.19. The van der Waals surface area contributed by atoms with E-state index >= 15 is 0 Å². The standard InChI is InChI=1S/C10H16N4O/c1-3-14(7-10(11)15)9-4-8(12-2)5-13-6-9/h4-6,12H,3,7H2,1-2H3,(H2,11,15). The molecule has 0 aliphatic heterocycles. The summed E-state index contributed by atoms with van der Waals surface area (Å²) in [5.74, 6) is -0.341. The van der Waals surface area contributed by atoms with E-state index in [0.29, 0.717) is 0 Å². The fraction of sp³-hybridized carbons (Fsp3) is 0.400. The number of carbonyl (C=O) groups is 1. The number of primary amides is 1. The molecule has 1 aromatic heterocycles. The third-order valence-corrected chi connectivity index (χ3v) is 2.11. The lowest BCUT2D eigenvalue weighted by atomic mass is 10.3. The maximum Gasteiger partial charge on any atom is 0.236 e. The number of hydrogen-bond donors (Lipinski definition) is 2. The number of nitrogens with zero attached hydrogens (tertiary/aromatic N) is 2. The van der Waals surface area contributed by atoms with Crippen LogP contribution in [0, 0.1) is 0 Å². The molecule has 1 amide bonds. The number of amides is 1. The first-order chi connectivity index (χ1) is 7.17. The van der Waals surface area contributed by atoms with Crippen LogP contribution in [0.1, 0.15) is 6.92 Å². The average Bonchev–Trinajstić information content (AvgIpc) is 2.25. The zero-order chi connectivity index (χ0) is 11.3. The van der Waals surface area contributed by atoms with Crippen LogP contribution in [0.15, 0.2) is 18.5 Å². The van der Waals surface area contributed by atoms with E-state index in [1.54, 1.807) is 12.4 Å². The fourth-order valence-corrected chi connectivity index (χ4v) is 1.31. The van der Waals surface area contributed by atoms with Crippen LogP contribution in [0.5, 0.6) is 0 Å². The molecule has 15 heavy (non-hydrogen) atoms. The van der Waals surface area contributed by atoms with Gasteiger partial charge in [-0.15, -0.1) is 0 Å². The van der Waals surface area contributed by atoms with Crippen LogP contribution in [0.3, 0.4) is 0 Å². The second-order valence-electron chi connectivity index (χ2n) is 3.16. The van der Waals surface area contributed by atoms with E-state index in [4.69, 9.17) is 5.73 Å². The zero-order valence-corrected chi connectivity index (χ0v) is 9.03. The van der Waals surface area contributed by atoms with E-state index in [2.05, 4.69) is 10.3 Å². The van der Waals surface area contributed by atoms with Crippen LogP contribution >= 0.6 is 0 Å². The molecule has 0 spiro atoms. The van der Waals surface area contributed by atoms with Gasteiger partial charge in [0.1, 0.15) is 0 Å². The van der Waals surface area contributed by atoms with Gasteiger partial charge in [-0.1, -0.05) is 0 Å². The number of likely N-dealkylation sites (N-methyl/N-ethyl adjacent to an activating group) is 1. The zero-order valence-electron chi connectivity index (χ0n) is 9.03. The molecule has 0 bridgehead atoms. The number of nitrogens with one attached hydrogen (secondary N) is 1. The molecule has 0 aliphatic carbocycles. The summed E-state index contributed by atoms with van der Waals surface area (Å²) in [6.07, 6.45) is 3.44. The van der Waals surface area contributed by atoms with Gasteiger partial charge in [-0.2, -0.15) is 0 Å². The summed E-state index contributed by atoms with van der Waals surface area (Å²) in [7, 11) is 1.82. The highest BCUT2D eigenvalue weighted by Gasteiger charge is 2.07. The van der Waals surface area contributed by atoms with Crippen molar-refractivity contribution in [3.8, 4) is 0 Å². The molecule has 0 aromatic carbocycles. The Labute approximate surface area is 89.3 Å². The van der Waals surface area contributed by atoms with Crippen molar-refractivity contribution in [2.75, 3.05) is 30.4 Å². The number of aromatic nitrogens is 1. The summed E-state index contributed by atoms with van der Waals surface area (Å²) in [4.78, 5) is 16.8. The molecule has 0 saturated carbocycles. The quantitative estimate of drug-likeness (QED) is 0.736. The summed E-state index contributed by atoms with van der Waals surface area (Å²) in [5, 5.41) is 2.99. The van der Waals surface area contributed by atoms with Gasteiger partial charge in [0, 0.05) is 13.6 Å². The van der Waals surface area contributed by atoms with Crippen molar-refractivity contribution in [2.24, 2.45) is 5.73 Å². The second-order valence-corrected chi connectivity index (χ2v) is 3.16. The first-order valence-electron chi connectivity index (χ1n) is 4.83. The minimum atomic E-state index is -0.341. The maximum absolute atomic E-state index is 10.8. The molecule has 82 valence electrons. The molecule has 1 aromatic rings. The third-order valence-electron chi connectivity index (χ3n) is 2.11. The minimum absolute atomic E-state index is 0.214. The lowest BCUT2D eigenvalue weighted by Crippen LogP contribution is -2.33. The highest BCUT2D eigenvalue weighted by atomic mass is 16.1. The number of carbonyl (C=O) groups excluding carboxylic acids is 1. The van der Waals surface area contributed by atoms with Crippen LogP contribution in [0.2, 0.25) is 0 Å². The van der Waals surface area contributed by atoms with Crippen molar-refractivity contribution in [2.45, 2.75) is 6.92 Å². The lowest BCUT2D eigenvalue weighted by Gasteiger charge is -2.21. The molecule has 3 N–H and O–H groups in total. The predicted octanol–water partition coefficient (Wildman–Crippen LogP) is 0.435. The van der Waals surface area contributed by atoms with E-state index < -0.39 is 0 Å². The van der Waals surface area contributed by atoms with Crippen molar-refractivity contribution in [1.29, 1.82) is 0 Å². The van der Waals surface area contributed by atoms with Gasteiger partial charge in [0.15, 0.2) is 0 Å². The Balaban J connectivity index is 2.85. The number of rotatable bonds is 5. The smallest absolute Gasteiger partial charge is 0.236 e. The van der Waals surface area contributed by atoms with Gasteiger partial charge < -0.3 is 16.0 Å². The first kappa shape index (κ1) is 11.3. The minimum Gasteiger partial charge on any atom is -0.387 e. The molecule has 0 unspecified atom stereocenters. The highest BCUT2D eigenvalue weighted by Crippen LogP contribution is 2.16. The maximum atomic E-state index is 10.8. The van der Waals surface area contributed by atoms with Crippen LogP contribution in [-0.4, -0.2) is 31.0 Å². The number of nitrogens with two attached hydrogens (primary N) is 1. The molecule has 0 atom stereocenters. The molecular weight excluding hydrogens is 192 g/mol. The predicted molar refractivity (Wildman–Crippen MR) is 60.9 cm³/mol. The Morgan fingerprint density at radius 1 is 1.60 bits per heavy atom. The molecule has 5 heteroatoms. The molecule has 1 heterocycles. The van der Waals surface area contributed by atoms with Crippen molar-refractivity contribution >= 4 is 17.3 Å². The molecule has 0 fully saturated rings. The Hall–Kier alpha value is -1.78. The van der Waals surface area contributed by atoms with Crippen LogP contribution in [-0.2, 0) is 4.79 Å². The third kappa shape index (κ3) is 3.12. The van der Waals surface area contributed by atoms with Crippen molar-refractivity contribution in [1.82, 2.24) is 4.98 Å².